The van der Waals surface area contributed by atoms with Crippen molar-refractivity contribution in [2.45, 2.75) is 45.8 Å². The monoisotopic (exact) mass is 342 g/mol. The highest BCUT2D eigenvalue weighted by molar-refractivity contribution is 5.97. The summed E-state index contributed by atoms with van der Waals surface area (Å²) in [6.45, 7) is 8.74. The summed E-state index contributed by atoms with van der Waals surface area (Å²) in [5.74, 6) is 0.693. The van der Waals surface area contributed by atoms with Crippen LogP contribution in [0.3, 0.4) is 0 Å². The van der Waals surface area contributed by atoms with E-state index in [4.69, 9.17) is 9.15 Å². The number of benzene rings is 1. The van der Waals surface area contributed by atoms with Crippen LogP contribution in [0.2, 0.25) is 0 Å². The van der Waals surface area contributed by atoms with E-state index in [9.17, 15) is 15.0 Å². The molecule has 5 nitrogen and oxygen atoms in total. The van der Waals surface area contributed by atoms with Crippen molar-refractivity contribution in [1.29, 1.82) is 0 Å². The van der Waals surface area contributed by atoms with E-state index in [-0.39, 0.29) is 22.1 Å². The Balaban J connectivity index is 2.46. The molecule has 3 rings (SSSR count). The van der Waals surface area contributed by atoms with Gasteiger partial charge in [0.1, 0.15) is 28.2 Å². The van der Waals surface area contributed by atoms with Crippen LogP contribution < -0.4 is 10.2 Å². The fourth-order valence-corrected chi connectivity index (χ4v) is 2.80. The zero-order valence-electron chi connectivity index (χ0n) is 15.0. The SMILES string of the molecule is Cc1cc(=O)c2c(O)c3c(c(/C=C/C(C)(C)O)c2o1)OC(C)(C)C=C3. The first-order chi connectivity index (χ1) is 11.5. The predicted octanol–water partition coefficient (Wildman–Crippen LogP) is 3.78. The second kappa shape index (κ2) is 5.49. The molecule has 0 aliphatic carbocycles. The van der Waals surface area contributed by atoms with Gasteiger partial charge in [0.2, 0.25) is 0 Å². The van der Waals surface area contributed by atoms with Crippen LogP contribution in [0.25, 0.3) is 23.1 Å². The Kier molecular flexibility index (Phi) is 3.80. The Morgan fingerprint density at radius 1 is 1.28 bits per heavy atom. The number of phenolic OH excluding ortho intramolecular Hbond substituents is 1. The number of fused-ring (bicyclic) bond motifs is 2. The third kappa shape index (κ3) is 3.20. The molecule has 1 aliphatic heterocycles. The zero-order chi connectivity index (χ0) is 18.6. The number of rotatable bonds is 2. The average Bonchev–Trinajstić information content (AvgIpc) is 2.43. The van der Waals surface area contributed by atoms with Gasteiger partial charge in [-0.2, -0.15) is 0 Å². The van der Waals surface area contributed by atoms with E-state index in [1.807, 2.05) is 19.9 Å². The first-order valence-corrected chi connectivity index (χ1v) is 8.12. The minimum Gasteiger partial charge on any atom is -0.506 e. The number of aryl methyl sites for hydroxylation is 1. The highest BCUT2D eigenvalue weighted by Gasteiger charge is 2.29. The maximum absolute atomic E-state index is 12.4. The third-order valence-corrected chi connectivity index (χ3v) is 3.97. The molecule has 1 aromatic heterocycles. The van der Waals surface area contributed by atoms with E-state index < -0.39 is 11.2 Å². The zero-order valence-corrected chi connectivity index (χ0v) is 15.0. The molecule has 132 valence electrons. The van der Waals surface area contributed by atoms with Gasteiger partial charge in [-0.05, 0) is 52.8 Å². The van der Waals surface area contributed by atoms with Gasteiger partial charge in [-0.1, -0.05) is 6.08 Å². The molecule has 1 aliphatic rings. The van der Waals surface area contributed by atoms with E-state index in [0.29, 0.717) is 22.6 Å². The van der Waals surface area contributed by atoms with E-state index in [0.717, 1.165) is 0 Å². The summed E-state index contributed by atoms with van der Waals surface area (Å²) in [5, 5.41) is 20.8. The lowest BCUT2D eigenvalue weighted by Crippen LogP contribution is -2.28. The van der Waals surface area contributed by atoms with Crippen LogP contribution in [0.4, 0.5) is 0 Å². The van der Waals surface area contributed by atoms with Crippen molar-refractivity contribution in [3.05, 3.63) is 45.3 Å². The number of hydrogen-bond acceptors (Lipinski definition) is 5. The molecule has 0 bridgehead atoms. The van der Waals surface area contributed by atoms with Gasteiger partial charge >= 0.3 is 0 Å². The quantitative estimate of drug-likeness (QED) is 0.868. The molecule has 2 aromatic rings. The molecule has 0 saturated heterocycles. The van der Waals surface area contributed by atoms with Gasteiger partial charge in [0.15, 0.2) is 11.0 Å². The van der Waals surface area contributed by atoms with Crippen molar-refractivity contribution < 1.29 is 19.4 Å². The Labute approximate surface area is 145 Å². The molecular formula is C20H22O5. The highest BCUT2D eigenvalue weighted by atomic mass is 16.5. The lowest BCUT2D eigenvalue weighted by atomic mass is 9.95. The summed E-state index contributed by atoms with van der Waals surface area (Å²) >= 11 is 0. The van der Waals surface area contributed by atoms with Crippen molar-refractivity contribution in [2.75, 3.05) is 0 Å². The number of aromatic hydroxyl groups is 1. The van der Waals surface area contributed by atoms with Gasteiger partial charge in [0.05, 0.1) is 16.7 Å². The van der Waals surface area contributed by atoms with Gasteiger partial charge < -0.3 is 19.4 Å². The molecule has 25 heavy (non-hydrogen) atoms. The highest BCUT2D eigenvalue weighted by Crippen LogP contribution is 2.44. The number of ether oxygens (including phenoxy) is 1. The smallest absolute Gasteiger partial charge is 0.196 e. The van der Waals surface area contributed by atoms with Crippen LogP contribution in [0.1, 0.15) is 44.6 Å². The molecule has 0 saturated carbocycles. The van der Waals surface area contributed by atoms with Crippen molar-refractivity contribution in [2.24, 2.45) is 0 Å². The summed E-state index contributed by atoms with van der Waals surface area (Å²) in [6.07, 6.45) is 6.82. The van der Waals surface area contributed by atoms with E-state index in [1.165, 1.54) is 6.07 Å². The number of phenols is 1. The van der Waals surface area contributed by atoms with Gasteiger partial charge in [-0.15, -0.1) is 0 Å². The Bertz CT molecular complexity index is 968. The molecule has 0 spiro atoms. The predicted molar refractivity (Wildman–Crippen MR) is 98.0 cm³/mol. The molecule has 0 unspecified atom stereocenters. The number of hydrogen-bond donors (Lipinski definition) is 2. The first-order valence-electron chi connectivity index (χ1n) is 8.12. The van der Waals surface area contributed by atoms with Crippen molar-refractivity contribution in [3.8, 4) is 11.5 Å². The largest absolute Gasteiger partial charge is 0.506 e. The molecular weight excluding hydrogens is 320 g/mol. The lowest BCUT2D eigenvalue weighted by Gasteiger charge is -2.30. The second-order valence-electron chi connectivity index (χ2n) is 7.46. The van der Waals surface area contributed by atoms with Crippen LogP contribution in [0, 0.1) is 6.92 Å². The molecule has 1 aromatic carbocycles. The molecule has 2 N–H and O–H groups in total. The minimum absolute atomic E-state index is 0.104. The molecule has 5 heteroatoms. The standard InChI is InChI=1S/C20H22O5/c1-11-10-14(21)15-16(22)12-7-9-20(4,5)25-17(12)13(18(15)24-11)6-8-19(2,3)23/h6-10,22-23H,1-5H3/b8-6+. The van der Waals surface area contributed by atoms with Crippen molar-refractivity contribution >= 4 is 23.1 Å². The van der Waals surface area contributed by atoms with Gasteiger partial charge in [0.25, 0.3) is 0 Å². The summed E-state index contributed by atoms with van der Waals surface area (Å²) in [7, 11) is 0. The fourth-order valence-electron chi connectivity index (χ4n) is 2.80. The van der Waals surface area contributed by atoms with Crippen LogP contribution in [-0.4, -0.2) is 21.4 Å². The first kappa shape index (κ1) is 17.3. The molecule has 0 fully saturated rings. The fraction of sp³-hybridized carbons (Fsp3) is 0.350. The molecule has 2 heterocycles. The minimum atomic E-state index is -1.05. The van der Waals surface area contributed by atoms with Crippen LogP contribution in [-0.2, 0) is 0 Å². The molecule has 0 atom stereocenters. The van der Waals surface area contributed by atoms with Gasteiger partial charge in [0, 0.05) is 6.07 Å². The van der Waals surface area contributed by atoms with Crippen molar-refractivity contribution in [1.82, 2.24) is 0 Å². The summed E-state index contributed by atoms with van der Waals surface area (Å²) in [5.41, 5.74) is -0.764. The van der Waals surface area contributed by atoms with Gasteiger partial charge in [-0.3, -0.25) is 4.79 Å². The normalized spacial score (nSPS) is 16.2. The Morgan fingerprint density at radius 3 is 2.60 bits per heavy atom. The Hall–Kier alpha value is -2.53. The van der Waals surface area contributed by atoms with E-state index in [1.54, 1.807) is 39.0 Å². The van der Waals surface area contributed by atoms with E-state index >= 15 is 0 Å². The molecule has 0 amide bonds. The topological polar surface area (TPSA) is 79.9 Å². The van der Waals surface area contributed by atoms with Crippen molar-refractivity contribution in [3.63, 3.8) is 0 Å². The Morgan fingerprint density at radius 2 is 1.96 bits per heavy atom. The maximum Gasteiger partial charge on any atom is 0.196 e. The second-order valence-corrected chi connectivity index (χ2v) is 7.46. The molecule has 0 radical (unpaired) electrons. The summed E-state index contributed by atoms with van der Waals surface area (Å²) in [6, 6.07) is 1.34. The maximum atomic E-state index is 12.4. The summed E-state index contributed by atoms with van der Waals surface area (Å²) in [4.78, 5) is 12.4. The van der Waals surface area contributed by atoms with Crippen LogP contribution >= 0.6 is 0 Å². The average molecular weight is 342 g/mol. The summed E-state index contributed by atoms with van der Waals surface area (Å²) < 4.78 is 11.8. The lowest BCUT2D eigenvalue weighted by molar-refractivity contribution is 0.134. The van der Waals surface area contributed by atoms with E-state index in [2.05, 4.69) is 0 Å². The third-order valence-electron chi connectivity index (χ3n) is 3.97. The number of aliphatic hydroxyl groups is 1. The van der Waals surface area contributed by atoms with Gasteiger partial charge in [-0.25, -0.2) is 0 Å². The van der Waals surface area contributed by atoms with Crippen LogP contribution in [0.15, 0.2) is 27.4 Å². The van der Waals surface area contributed by atoms with Crippen LogP contribution in [0.5, 0.6) is 11.5 Å².